The van der Waals surface area contributed by atoms with Gasteiger partial charge in [-0.15, -0.1) is 0 Å². The molecule has 1 aromatic carbocycles. The van der Waals surface area contributed by atoms with Gasteiger partial charge < -0.3 is 9.47 Å². The van der Waals surface area contributed by atoms with E-state index in [-0.39, 0.29) is 13.2 Å². The minimum Gasteiger partial charge on any atom is -0.452 e. The molecule has 100 valence electrons. The van der Waals surface area contributed by atoms with Gasteiger partial charge in [0.25, 0.3) is 5.91 Å². The molecule has 0 bridgehead atoms. The number of benzene rings is 1. The number of carbonyl (C=O) groups excluding carboxylic acids is 3. The first-order valence-electron chi connectivity index (χ1n) is 5.48. The van der Waals surface area contributed by atoms with Gasteiger partial charge in [-0.25, -0.2) is 14.5 Å². The summed E-state index contributed by atoms with van der Waals surface area (Å²) in [5.41, 5.74) is 0.333. The number of imide groups is 1. The van der Waals surface area contributed by atoms with E-state index in [0.29, 0.717) is 5.56 Å². The summed E-state index contributed by atoms with van der Waals surface area (Å²) >= 11 is 3.24. The largest absolute Gasteiger partial charge is 0.452 e. The van der Waals surface area contributed by atoms with E-state index >= 15 is 0 Å². The van der Waals surface area contributed by atoms with Crippen molar-refractivity contribution in [2.45, 2.75) is 0 Å². The molecule has 19 heavy (non-hydrogen) atoms. The number of rotatable bonds is 3. The monoisotopic (exact) mass is 327 g/mol. The van der Waals surface area contributed by atoms with Crippen LogP contribution in [0.15, 0.2) is 28.7 Å². The molecule has 7 heteroatoms. The van der Waals surface area contributed by atoms with Crippen LogP contribution in [0.4, 0.5) is 4.79 Å². The Morgan fingerprint density at radius 3 is 2.58 bits per heavy atom. The first-order chi connectivity index (χ1) is 9.08. The zero-order valence-corrected chi connectivity index (χ0v) is 11.4. The van der Waals surface area contributed by atoms with Crippen molar-refractivity contribution in [1.29, 1.82) is 0 Å². The van der Waals surface area contributed by atoms with Crippen LogP contribution in [-0.4, -0.2) is 42.6 Å². The van der Waals surface area contributed by atoms with Crippen LogP contribution in [0, 0.1) is 0 Å². The van der Waals surface area contributed by atoms with E-state index in [0.717, 1.165) is 9.37 Å². The summed E-state index contributed by atoms with van der Waals surface area (Å²) in [7, 11) is 0. The molecule has 0 saturated carbocycles. The summed E-state index contributed by atoms with van der Waals surface area (Å²) in [6, 6.07) is 6.52. The van der Waals surface area contributed by atoms with E-state index in [4.69, 9.17) is 4.74 Å². The maximum absolute atomic E-state index is 11.6. The van der Waals surface area contributed by atoms with Crippen LogP contribution in [0.25, 0.3) is 0 Å². The van der Waals surface area contributed by atoms with Gasteiger partial charge in [-0.05, 0) is 24.3 Å². The lowest BCUT2D eigenvalue weighted by molar-refractivity contribution is -0.131. The summed E-state index contributed by atoms with van der Waals surface area (Å²) in [6.07, 6.45) is -0.704. The number of hydrogen-bond acceptors (Lipinski definition) is 5. The lowest BCUT2D eigenvalue weighted by atomic mass is 10.2. The fourth-order valence-electron chi connectivity index (χ4n) is 1.49. The molecule has 0 N–H and O–H groups in total. The number of nitrogens with zero attached hydrogens (tertiary/aromatic N) is 1. The van der Waals surface area contributed by atoms with Crippen LogP contribution >= 0.6 is 15.9 Å². The summed E-state index contributed by atoms with van der Waals surface area (Å²) in [4.78, 5) is 35.2. The number of amides is 2. The quantitative estimate of drug-likeness (QED) is 0.788. The second kappa shape index (κ2) is 5.83. The highest BCUT2D eigenvalue weighted by Crippen LogP contribution is 2.11. The van der Waals surface area contributed by atoms with Gasteiger partial charge in [-0.3, -0.25) is 4.79 Å². The highest BCUT2D eigenvalue weighted by molar-refractivity contribution is 9.10. The molecule has 1 aliphatic rings. The summed E-state index contributed by atoms with van der Waals surface area (Å²) in [5.74, 6) is -1.21. The molecule has 2 rings (SSSR count). The van der Waals surface area contributed by atoms with Crippen LogP contribution < -0.4 is 0 Å². The third kappa shape index (κ3) is 3.31. The predicted octanol–water partition coefficient (Wildman–Crippen LogP) is 1.58. The zero-order valence-electron chi connectivity index (χ0n) is 9.80. The van der Waals surface area contributed by atoms with Crippen molar-refractivity contribution < 1.29 is 23.9 Å². The molecule has 0 aromatic heterocycles. The highest BCUT2D eigenvalue weighted by Gasteiger charge is 2.28. The molecule has 0 unspecified atom stereocenters. The fourth-order valence-corrected chi connectivity index (χ4v) is 1.76. The van der Waals surface area contributed by atoms with Gasteiger partial charge in [-0.1, -0.05) is 15.9 Å². The van der Waals surface area contributed by atoms with Gasteiger partial charge in [0.05, 0.1) is 12.1 Å². The maximum Gasteiger partial charge on any atom is 0.416 e. The number of halogens is 1. The normalized spacial score (nSPS) is 14.2. The molecule has 1 heterocycles. The van der Waals surface area contributed by atoms with Gasteiger partial charge in [0, 0.05) is 4.47 Å². The predicted molar refractivity (Wildman–Crippen MR) is 67.5 cm³/mol. The van der Waals surface area contributed by atoms with Crippen molar-refractivity contribution in [2.24, 2.45) is 0 Å². The van der Waals surface area contributed by atoms with Crippen LogP contribution in [0.1, 0.15) is 10.4 Å². The minimum absolute atomic E-state index is 0.172. The lowest BCUT2D eigenvalue weighted by Crippen LogP contribution is -2.35. The van der Waals surface area contributed by atoms with E-state index < -0.39 is 24.6 Å². The Kier molecular flexibility index (Phi) is 4.16. The molecule has 1 aliphatic heterocycles. The van der Waals surface area contributed by atoms with Gasteiger partial charge in [-0.2, -0.15) is 0 Å². The summed E-state index contributed by atoms with van der Waals surface area (Å²) in [6.45, 7) is -0.122. The van der Waals surface area contributed by atoms with Gasteiger partial charge >= 0.3 is 12.1 Å². The average Bonchev–Trinajstić information content (AvgIpc) is 2.83. The number of cyclic esters (lactones) is 1. The van der Waals surface area contributed by atoms with Crippen molar-refractivity contribution in [3.05, 3.63) is 34.3 Å². The second-order valence-corrected chi connectivity index (χ2v) is 4.66. The van der Waals surface area contributed by atoms with Crippen molar-refractivity contribution in [3.63, 3.8) is 0 Å². The molecule has 0 spiro atoms. The number of hydrogen-bond donors (Lipinski definition) is 0. The Morgan fingerprint density at radius 2 is 2.00 bits per heavy atom. The number of carbonyl (C=O) groups is 3. The van der Waals surface area contributed by atoms with Crippen LogP contribution in [0.5, 0.6) is 0 Å². The Balaban J connectivity index is 1.88. The Bertz CT molecular complexity index is 513. The molecule has 1 aromatic rings. The van der Waals surface area contributed by atoms with E-state index in [9.17, 15) is 14.4 Å². The average molecular weight is 328 g/mol. The molecule has 1 saturated heterocycles. The first-order valence-corrected chi connectivity index (χ1v) is 6.27. The number of ether oxygens (including phenoxy) is 2. The van der Waals surface area contributed by atoms with Crippen molar-refractivity contribution >= 4 is 33.9 Å². The first kappa shape index (κ1) is 13.5. The Morgan fingerprint density at radius 1 is 1.32 bits per heavy atom. The van der Waals surface area contributed by atoms with E-state index in [1.165, 1.54) is 0 Å². The summed E-state index contributed by atoms with van der Waals surface area (Å²) in [5, 5.41) is 0. The van der Waals surface area contributed by atoms with Gasteiger partial charge in [0.1, 0.15) is 6.61 Å². The zero-order chi connectivity index (χ0) is 13.8. The van der Waals surface area contributed by atoms with Crippen molar-refractivity contribution in [2.75, 3.05) is 19.8 Å². The molecule has 0 atom stereocenters. The van der Waals surface area contributed by atoms with Crippen molar-refractivity contribution in [1.82, 2.24) is 4.90 Å². The van der Waals surface area contributed by atoms with Crippen LogP contribution in [0.3, 0.4) is 0 Å². The molecule has 0 radical (unpaired) electrons. The SMILES string of the molecule is O=C(OCC(=O)N1CCOC1=O)c1ccc(Br)cc1. The Labute approximate surface area is 117 Å². The summed E-state index contributed by atoms with van der Waals surface area (Å²) < 4.78 is 10.3. The third-order valence-corrected chi connectivity index (χ3v) is 3.00. The maximum atomic E-state index is 11.6. The number of esters is 1. The molecule has 6 nitrogen and oxygen atoms in total. The highest BCUT2D eigenvalue weighted by atomic mass is 79.9. The van der Waals surface area contributed by atoms with E-state index in [2.05, 4.69) is 20.7 Å². The topological polar surface area (TPSA) is 72.9 Å². The molecule has 0 aliphatic carbocycles. The standard InChI is InChI=1S/C12H10BrNO5/c13-9-3-1-8(2-4-9)11(16)19-7-10(15)14-5-6-18-12(14)17/h1-4H,5-7H2. The Hall–Kier alpha value is -1.89. The fraction of sp³-hybridized carbons (Fsp3) is 0.250. The van der Waals surface area contributed by atoms with Crippen molar-refractivity contribution in [3.8, 4) is 0 Å². The van der Waals surface area contributed by atoms with Crippen LogP contribution in [0.2, 0.25) is 0 Å². The smallest absolute Gasteiger partial charge is 0.416 e. The third-order valence-electron chi connectivity index (χ3n) is 2.47. The van der Waals surface area contributed by atoms with Gasteiger partial charge in [0.15, 0.2) is 6.61 Å². The second-order valence-electron chi connectivity index (χ2n) is 3.74. The molecule has 1 fully saturated rings. The molecular weight excluding hydrogens is 318 g/mol. The van der Waals surface area contributed by atoms with E-state index in [1.807, 2.05) is 0 Å². The van der Waals surface area contributed by atoms with Gasteiger partial charge in [0.2, 0.25) is 0 Å². The molecule has 2 amide bonds. The minimum atomic E-state index is -0.704. The van der Waals surface area contributed by atoms with E-state index in [1.54, 1.807) is 24.3 Å². The molecular formula is C12H10BrNO5. The lowest BCUT2D eigenvalue weighted by Gasteiger charge is -2.10. The van der Waals surface area contributed by atoms with Crippen LogP contribution in [-0.2, 0) is 14.3 Å².